The number of carbonyl (C=O) groups is 2. The van der Waals surface area contributed by atoms with Gasteiger partial charge in [0.2, 0.25) is 21.8 Å². The molecule has 2 atom stereocenters. The van der Waals surface area contributed by atoms with Gasteiger partial charge in [0.1, 0.15) is 23.7 Å². The zero-order valence-electron chi connectivity index (χ0n) is 20.3. The van der Waals surface area contributed by atoms with E-state index < -0.39 is 22.1 Å². The third kappa shape index (κ3) is 7.17. The third-order valence-corrected chi connectivity index (χ3v) is 8.36. The smallest absolute Gasteiger partial charge is 0.243 e. The van der Waals surface area contributed by atoms with Crippen LogP contribution in [0.25, 0.3) is 0 Å². The minimum absolute atomic E-state index is 0.110. The number of phenolic OH excluding ortho intramolecular Hbond substituents is 1. The standard InChI is InChI=1S/C24H37N5O5S/c1-2-35(33,34)28-19(13-16-7-4-3-5-8-16)24(32)29-12-6-9-20(29)23(31)27-15-17-10-11-18(22(25)26)21(30)14-17/h10-11,14,16,19-20,28,30H,2-9,12-13,15H2,1H3,(H3,25,26)(H,27,31)/t19-,20+/m1/s1. The minimum Gasteiger partial charge on any atom is -0.507 e. The summed E-state index contributed by atoms with van der Waals surface area (Å²) in [4.78, 5) is 28.0. The van der Waals surface area contributed by atoms with Gasteiger partial charge in [0.15, 0.2) is 0 Å². The number of sulfonamides is 1. The first kappa shape index (κ1) is 26.9. The molecule has 0 aromatic heterocycles. The van der Waals surface area contributed by atoms with Gasteiger partial charge in [-0.15, -0.1) is 0 Å². The highest BCUT2D eigenvalue weighted by Crippen LogP contribution is 2.29. The van der Waals surface area contributed by atoms with E-state index in [0.29, 0.717) is 31.4 Å². The van der Waals surface area contributed by atoms with Crippen molar-refractivity contribution in [3.8, 4) is 5.75 Å². The number of nitrogens with one attached hydrogen (secondary N) is 3. The van der Waals surface area contributed by atoms with E-state index in [1.165, 1.54) is 30.4 Å². The summed E-state index contributed by atoms with van der Waals surface area (Å²) in [7, 11) is -3.59. The molecule has 194 valence electrons. The Labute approximate surface area is 207 Å². The average molecular weight is 508 g/mol. The van der Waals surface area contributed by atoms with Crippen molar-refractivity contribution in [1.82, 2.24) is 14.9 Å². The van der Waals surface area contributed by atoms with E-state index in [1.807, 2.05) is 0 Å². The highest BCUT2D eigenvalue weighted by atomic mass is 32.2. The number of likely N-dealkylation sites (tertiary alicyclic amines) is 1. The number of hydrogen-bond acceptors (Lipinski definition) is 6. The molecule has 1 saturated carbocycles. The highest BCUT2D eigenvalue weighted by molar-refractivity contribution is 7.89. The number of amides is 2. The first-order valence-electron chi connectivity index (χ1n) is 12.4. The number of benzene rings is 1. The van der Waals surface area contributed by atoms with Gasteiger partial charge in [0, 0.05) is 13.1 Å². The van der Waals surface area contributed by atoms with Crippen LogP contribution in [-0.2, 0) is 26.2 Å². The van der Waals surface area contributed by atoms with E-state index >= 15 is 0 Å². The van der Waals surface area contributed by atoms with Crippen LogP contribution in [0.1, 0.15) is 69.4 Å². The monoisotopic (exact) mass is 507 g/mol. The first-order chi connectivity index (χ1) is 16.6. The van der Waals surface area contributed by atoms with E-state index in [0.717, 1.165) is 25.7 Å². The predicted molar refractivity (Wildman–Crippen MR) is 133 cm³/mol. The van der Waals surface area contributed by atoms with Gasteiger partial charge < -0.3 is 21.1 Å². The van der Waals surface area contributed by atoms with Crippen LogP contribution >= 0.6 is 0 Å². The van der Waals surface area contributed by atoms with Gasteiger partial charge in [-0.05, 0) is 49.8 Å². The Morgan fingerprint density at radius 3 is 2.54 bits per heavy atom. The highest BCUT2D eigenvalue weighted by Gasteiger charge is 2.39. The lowest BCUT2D eigenvalue weighted by atomic mass is 9.84. The molecule has 0 radical (unpaired) electrons. The van der Waals surface area contributed by atoms with Crippen molar-refractivity contribution >= 4 is 27.7 Å². The number of nitrogens with zero attached hydrogens (tertiary/aromatic N) is 1. The Morgan fingerprint density at radius 2 is 1.91 bits per heavy atom. The van der Waals surface area contributed by atoms with E-state index in [9.17, 15) is 23.1 Å². The van der Waals surface area contributed by atoms with Crippen LogP contribution in [0.5, 0.6) is 5.75 Å². The van der Waals surface area contributed by atoms with Gasteiger partial charge in [-0.1, -0.05) is 38.2 Å². The van der Waals surface area contributed by atoms with Crippen LogP contribution in [-0.4, -0.2) is 60.5 Å². The second-order valence-corrected chi connectivity index (χ2v) is 11.5. The Morgan fingerprint density at radius 1 is 1.20 bits per heavy atom. The van der Waals surface area contributed by atoms with Crippen LogP contribution in [0, 0.1) is 11.3 Å². The van der Waals surface area contributed by atoms with Crippen molar-refractivity contribution in [1.29, 1.82) is 5.41 Å². The summed E-state index contributed by atoms with van der Waals surface area (Å²) in [6, 6.07) is 3.07. The van der Waals surface area contributed by atoms with E-state index in [-0.39, 0.29) is 47.2 Å². The maximum Gasteiger partial charge on any atom is 0.243 e. The van der Waals surface area contributed by atoms with Gasteiger partial charge in [-0.2, -0.15) is 0 Å². The fourth-order valence-corrected chi connectivity index (χ4v) is 5.78. The van der Waals surface area contributed by atoms with Gasteiger partial charge in [0.25, 0.3) is 0 Å². The number of aromatic hydroxyl groups is 1. The quantitative estimate of drug-likeness (QED) is 0.238. The maximum absolute atomic E-state index is 13.5. The van der Waals surface area contributed by atoms with Gasteiger partial charge in [0.05, 0.1) is 11.3 Å². The van der Waals surface area contributed by atoms with E-state index in [1.54, 1.807) is 6.07 Å². The molecular formula is C24H37N5O5S. The first-order valence-corrected chi connectivity index (χ1v) is 14.0. The summed E-state index contributed by atoms with van der Waals surface area (Å²) < 4.78 is 27.3. The second kappa shape index (κ2) is 11.9. The topological polar surface area (TPSA) is 166 Å². The maximum atomic E-state index is 13.5. The van der Waals surface area contributed by atoms with E-state index in [2.05, 4.69) is 10.0 Å². The largest absolute Gasteiger partial charge is 0.507 e. The molecule has 0 bridgehead atoms. The fourth-order valence-electron chi connectivity index (χ4n) is 4.98. The van der Waals surface area contributed by atoms with Crippen molar-refractivity contribution < 1.29 is 23.1 Å². The summed E-state index contributed by atoms with van der Waals surface area (Å²) in [6.45, 7) is 2.08. The molecule has 2 fully saturated rings. The summed E-state index contributed by atoms with van der Waals surface area (Å²) in [5, 5.41) is 20.3. The van der Waals surface area contributed by atoms with Gasteiger partial charge in [-0.25, -0.2) is 13.1 Å². The molecule has 35 heavy (non-hydrogen) atoms. The Balaban J connectivity index is 1.68. The fraction of sp³-hybridized carbons (Fsp3) is 0.625. The number of nitrogen functional groups attached to an aromatic ring is 1. The summed E-state index contributed by atoms with van der Waals surface area (Å²) in [5.74, 6) is -0.872. The normalized spacial score (nSPS) is 19.9. The molecule has 6 N–H and O–H groups in total. The van der Waals surface area contributed by atoms with Gasteiger partial charge >= 0.3 is 0 Å². The Bertz CT molecular complexity index is 1040. The number of nitrogens with two attached hydrogens (primary N) is 1. The molecule has 3 rings (SSSR count). The Kier molecular flexibility index (Phi) is 9.12. The zero-order valence-corrected chi connectivity index (χ0v) is 21.1. The van der Waals surface area contributed by atoms with Crippen molar-refractivity contribution in [2.75, 3.05) is 12.3 Å². The summed E-state index contributed by atoms with van der Waals surface area (Å²) >= 11 is 0. The number of rotatable bonds is 10. The molecule has 1 aliphatic heterocycles. The third-order valence-electron chi connectivity index (χ3n) is 6.95. The SMILES string of the molecule is CCS(=O)(=O)N[C@H](CC1CCCCC1)C(=O)N1CCC[C@H]1C(=O)NCc1ccc(C(=N)N)c(O)c1. The van der Waals surface area contributed by atoms with Crippen LogP contribution in [0.4, 0.5) is 0 Å². The zero-order chi connectivity index (χ0) is 25.6. The molecule has 1 saturated heterocycles. The molecular weight excluding hydrogens is 470 g/mol. The van der Waals surface area contributed by atoms with Crippen molar-refractivity contribution in [3.05, 3.63) is 29.3 Å². The van der Waals surface area contributed by atoms with Crippen LogP contribution in [0.15, 0.2) is 18.2 Å². The molecule has 10 nitrogen and oxygen atoms in total. The lowest BCUT2D eigenvalue weighted by Crippen LogP contribution is -2.54. The molecule has 11 heteroatoms. The van der Waals surface area contributed by atoms with Crippen molar-refractivity contribution in [3.63, 3.8) is 0 Å². The molecule has 1 aliphatic carbocycles. The van der Waals surface area contributed by atoms with Crippen LogP contribution in [0.2, 0.25) is 0 Å². The number of phenols is 1. The lowest BCUT2D eigenvalue weighted by molar-refractivity contribution is -0.140. The Hall–Kier alpha value is -2.66. The van der Waals surface area contributed by atoms with Crippen LogP contribution in [0.3, 0.4) is 0 Å². The van der Waals surface area contributed by atoms with Crippen LogP contribution < -0.4 is 15.8 Å². The molecule has 0 unspecified atom stereocenters. The second-order valence-electron chi connectivity index (χ2n) is 9.49. The predicted octanol–water partition coefficient (Wildman–Crippen LogP) is 1.56. The molecule has 0 spiro atoms. The minimum atomic E-state index is -3.59. The number of carbonyl (C=O) groups excluding carboxylic acids is 2. The molecule has 2 amide bonds. The van der Waals surface area contributed by atoms with Gasteiger partial charge in [-0.3, -0.25) is 15.0 Å². The van der Waals surface area contributed by atoms with Crippen molar-refractivity contribution in [2.45, 2.75) is 76.9 Å². The number of amidine groups is 1. The number of hydrogen-bond donors (Lipinski definition) is 5. The lowest BCUT2D eigenvalue weighted by Gasteiger charge is -2.31. The summed E-state index contributed by atoms with van der Waals surface area (Å²) in [6.07, 6.45) is 6.92. The van der Waals surface area contributed by atoms with Crippen molar-refractivity contribution in [2.24, 2.45) is 11.7 Å². The summed E-state index contributed by atoms with van der Waals surface area (Å²) in [5.41, 5.74) is 6.26. The average Bonchev–Trinajstić information content (AvgIpc) is 3.32. The molecule has 1 heterocycles. The van der Waals surface area contributed by atoms with E-state index in [4.69, 9.17) is 11.1 Å². The molecule has 1 aromatic carbocycles. The molecule has 2 aliphatic rings. The molecule has 1 aromatic rings.